The van der Waals surface area contributed by atoms with Gasteiger partial charge in [-0.2, -0.15) is 0 Å². The van der Waals surface area contributed by atoms with Gasteiger partial charge < -0.3 is 24.3 Å². The van der Waals surface area contributed by atoms with Crippen LogP contribution >= 0.6 is 0 Å². The van der Waals surface area contributed by atoms with Gasteiger partial charge in [0.15, 0.2) is 6.29 Å². The lowest BCUT2D eigenvalue weighted by atomic mass is 9.95. The lowest BCUT2D eigenvalue weighted by molar-refractivity contribution is 0.0826. The van der Waals surface area contributed by atoms with Crippen LogP contribution in [0.4, 0.5) is 0 Å². The third-order valence-electron chi connectivity index (χ3n) is 7.81. The van der Waals surface area contributed by atoms with Crippen molar-refractivity contribution in [3.63, 3.8) is 0 Å². The first-order chi connectivity index (χ1) is 21.0. The summed E-state index contributed by atoms with van der Waals surface area (Å²) in [6.07, 6.45) is 0.793. The average molecular weight is 568 g/mol. The van der Waals surface area contributed by atoms with Gasteiger partial charge in [0.1, 0.15) is 24.7 Å². The summed E-state index contributed by atoms with van der Waals surface area (Å²) in [5.74, 6) is 1.16. The molecule has 0 aliphatic heterocycles. The van der Waals surface area contributed by atoms with Crippen LogP contribution in [-0.2, 0) is 13.2 Å². The molecule has 0 unspecified atom stereocenters. The van der Waals surface area contributed by atoms with E-state index in [0.29, 0.717) is 46.6 Å². The lowest BCUT2D eigenvalue weighted by Crippen LogP contribution is -2.23. The van der Waals surface area contributed by atoms with Crippen molar-refractivity contribution in [3.8, 4) is 11.5 Å². The van der Waals surface area contributed by atoms with Gasteiger partial charge in [0.2, 0.25) is 0 Å². The van der Waals surface area contributed by atoms with E-state index in [-0.39, 0.29) is 5.91 Å². The second kappa shape index (κ2) is 10.7. The minimum Gasteiger partial charge on any atom is -0.489 e. The maximum Gasteiger partial charge on any atom is 0.254 e. The Morgan fingerprint density at radius 2 is 1.19 bits per heavy atom. The first-order valence-corrected chi connectivity index (χ1v) is 14.1. The largest absolute Gasteiger partial charge is 0.489 e. The van der Waals surface area contributed by atoms with Gasteiger partial charge in [0, 0.05) is 53.3 Å². The molecule has 0 saturated carbocycles. The molecule has 0 saturated heterocycles. The third kappa shape index (κ3) is 4.65. The number of nitrogens with one attached hydrogen (secondary N) is 2. The molecule has 43 heavy (non-hydrogen) atoms. The number of rotatable bonds is 8. The Bertz CT molecular complexity index is 2140. The number of carbonyl (C=O) groups is 2. The zero-order valence-electron chi connectivity index (χ0n) is 23.8. The molecule has 0 spiro atoms. The number of hydrogen-bond acceptors (Lipinski definition) is 4. The van der Waals surface area contributed by atoms with E-state index >= 15 is 0 Å². The zero-order chi connectivity index (χ0) is 29.5. The first-order valence-electron chi connectivity index (χ1n) is 14.1. The maximum atomic E-state index is 13.7. The number of benzene rings is 5. The number of amides is 1. The second-order valence-electron chi connectivity index (χ2n) is 10.8. The number of ether oxygens (including phenoxy) is 2. The fourth-order valence-electron chi connectivity index (χ4n) is 5.75. The fraction of sp³-hybridized carbons (Fsp3) is 0.111. The van der Waals surface area contributed by atoms with Crippen molar-refractivity contribution in [1.82, 2.24) is 14.9 Å². The molecular weight excluding hydrogens is 538 g/mol. The Labute approximate surface area is 247 Å². The van der Waals surface area contributed by atoms with Gasteiger partial charge in [-0.1, -0.05) is 60.7 Å². The number of aromatic amines is 2. The normalized spacial score (nSPS) is 11.4. The lowest BCUT2D eigenvalue weighted by Gasteiger charge is -2.15. The van der Waals surface area contributed by atoms with Gasteiger partial charge in [0.05, 0.1) is 27.6 Å². The minimum atomic E-state index is -0.239. The summed E-state index contributed by atoms with van der Waals surface area (Å²) >= 11 is 0. The van der Waals surface area contributed by atoms with Gasteiger partial charge in [-0.05, 0) is 35.4 Å². The number of hydrogen-bond donors (Lipinski definition) is 2. The molecule has 7 nitrogen and oxygen atoms in total. The smallest absolute Gasteiger partial charge is 0.254 e. The predicted molar refractivity (Wildman–Crippen MR) is 170 cm³/mol. The van der Waals surface area contributed by atoms with Crippen LogP contribution in [0.15, 0.2) is 97.1 Å². The molecule has 0 bridgehead atoms. The number of aromatic nitrogens is 2. The molecule has 0 atom stereocenters. The molecule has 7 aromatic rings. The number of fused-ring (bicyclic) bond motifs is 7. The highest BCUT2D eigenvalue weighted by atomic mass is 16.5. The van der Waals surface area contributed by atoms with Gasteiger partial charge >= 0.3 is 0 Å². The average Bonchev–Trinajstić information content (AvgIpc) is 3.61. The topological polar surface area (TPSA) is 87.4 Å². The Kier molecular flexibility index (Phi) is 6.55. The number of nitrogens with zero attached hydrogens (tertiary/aromatic N) is 1. The van der Waals surface area contributed by atoms with E-state index in [0.717, 1.165) is 50.3 Å². The molecule has 0 aliphatic carbocycles. The molecule has 7 heteroatoms. The predicted octanol–water partition coefficient (Wildman–Crippen LogP) is 7.63. The first kappa shape index (κ1) is 26.3. The van der Waals surface area contributed by atoms with Gasteiger partial charge in [0.25, 0.3) is 5.91 Å². The molecule has 0 fully saturated rings. The molecule has 2 aromatic heterocycles. The highest BCUT2D eigenvalue weighted by Crippen LogP contribution is 2.41. The van der Waals surface area contributed by atoms with Crippen molar-refractivity contribution in [2.45, 2.75) is 13.2 Å². The Hall–Kier alpha value is -5.56. The fourth-order valence-corrected chi connectivity index (χ4v) is 5.75. The molecule has 5 aromatic carbocycles. The van der Waals surface area contributed by atoms with Crippen LogP contribution in [0.1, 0.15) is 31.8 Å². The number of aldehydes is 1. The van der Waals surface area contributed by atoms with Gasteiger partial charge in [-0.3, -0.25) is 9.59 Å². The van der Waals surface area contributed by atoms with E-state index in [1.54, 1.807) is 14.1 Å². The molecule has 2 heterocycles. The van der Waals surface area contributed by atoms with Crippen LogP contribution in [0.2, 0.25) is 0 Å². The monoisotopic (exact) mass is 567 g/mol. The van der Waals surface area contributed by atoms with Crippen LogP contribution in [0, 0.1) is 0 Å². The van der Waals surface area contributed by atoms with Crippen molar-refractivity contribution >= 4 is 55.8 Å². The quantitative estimate of drug-likeness (QED) is 0.185. The Morgan fingerprint density at radius 1 is 0.698 bits per heavy atom. The maximum absolute atomic E-state index is 13.7. The summed E-state index contributed by atoms with van der Waals surface area (Å²) in [5.41, 5.74) is 6.00. The van der Waals surface area contributed by atoms with E-state index in [4.69, 9.17) is 9.47 Å². The summed E-state index contributed by atoms with van der Waals surface area (Å²) in [4.78, 5) is 35.0. The molecule has 7 rings (SSSR count). The van der Waals surface area contributed by atoms with Crippen molar-refractivity contribution in [3.05, 3.63) is 119 Å². The van der Waals surface area contributed by atoms with Crippen molar-refractivity contribution in [1.29, 1.82) is 0 Å². The van der Waals surface area contributed by atoms with E-state index in [1.165, 1.54) is 4.90 Å². The molecule has 1 amide bonds. The van der Waals surface area contributed by atoms with Gasteiger partial charge in [-0.15, -0.1) is 0 Å². The van der Waals surface area contributed by atoms with E-state index < -0.39 is 0 Å². The zero-order valence-corrected chi connectivity index (χ0v) is 23.8. The van der Waals surface area contributed by atoms with E-state index in [2.05, 4.69) is 9.97 Å². The SMILES string of the molecule is CN(C)C(=O)c1c(C=O)c2c3ccc(OCc4ccccc4)cc3[nH]c2c2[nH]c3cc(OCc4ccccc4)ccc3c12. The molecule has 2 N–H and O–H groups in total. The third-order valence-corrected chi connectivity index (χ3v) is 7.81. The standard InChI is InChI=1S/C36H29N3O4/c1-39(2)36(41)33-28(19-40)31-26-15-13-24(42-20-22-9-5-3-6-10-22)17-29(26)37-34(31)35-32(33)27-16-14-25(18-30(27)38-35)43-21-23-11-7-4-8-12-23/h3-19,37-38H,20-21H2,1-2H3. The Morgan fingerprint density at radius 3 is 1.67 bits per heavy atom. The minimum absolute atomic E-state index is 0.239. The summed E-state index contributed by atoms with van der Waals surface area (Å²) in [6, 6.07) is 31.5. The molecular formula is C36H29N3O4. The van der Waals surface area contributed by atoms with Crippen LogP contribution in [0.5, 0.6) is 11.5 Å². The number of carbonyl (C=O) groups excluding carboxylic acids is 2. The van der Waals surface area contributed by atoms with Crippen molar-refractivity contribution in [2.75, 3.05) is 14.1 Å². The van der Waals surface area contributed by atoms with Crippen LogP contribution in [-0.4, -0.2) is 41.2 Å². The van der Waals surface area contributed by atoms with Crippen LogP contribution in [0.25, 0.3) is 43.6 Å². The highest BCUT2D eigenvalue weighted by molar-refractivity contribution is 6.32. The second-order valence-corrected chi connectivity index (χ2v) is 10.8. The summed E-state index contributed by atoms with van der Waals surface area (Å²) in [7, 11) is 3.39. The van der Waals surface area contributed by atoms with Crippen LogP contribution in [0.3, 0.4) is 0 Å². The van der Waals surface area contributed by atoms with E-state index in [1.807, 2.05) is 97.1 Å². The number of H-pyrrole nitrogens is 2. The van der Waals surface area contributed by atoms with Crippen molar-refractivity contribution in [2.24, 2.45) is 0 Å². The molecule has 0 radical (unpaired) electrons. The van der Waals surface area contributed by atoms with Crippen molar-refractivity contribution < 1.29 is 19.1 Å². The summed E-state index contributed by atoms with van der Waals surface area (Å²) in [5, 5.41) is 3.07. The Balaban J connectivity index is 1.39. The summed E-state index contributed by atoms with van der Waals surface area (Å²) < 4.78 is 12.2. The molecule has 212 valence electrons. The van der Waals surface area contributed by atoms with Gasteiger partial charge in [-0.25, -0.2) is 0 Å². The highest BCUT2D eigenvalue weighted by Gasteiger charge is 2.26. The van der Waals surface area contributed by atoms with Crippen LogP contribution < -0.4 is 9.47 Å². The summed E-state index contributed by atoms with van der Waals surface area (Å²) in [6.45, 7) is 0.877. The van der Waals surface area contributed by atoms with E-state index in [9.17, 15) is 9.59 Å². The molecule has 0 aliphatic rings.